The second kappa shape index (κ2) is 6.00. The molecule has 2 rings (SSSR count). The number of ether oxygens (including phenoxy) is 1. The molecule has 0 spiro atoms. The summed E-state index contributed by atoms with van der Waals surface area (Å²) < 4.78 is 19.2. The van der Waals surface area contributed by atoms with Gasteiger partial charge in [0, 0.05) is 16.2 Å². The first-order chi connectivity index (χ1) is 9.51. The van der Waals surface area contributed by atoms with Crippen molar-refractivity contribution in [2.75, 3.05) is 12.4 Å². The van der Waals surface area contributed by atoms with Gasteiger partial charge in [-0.3, -0.25) is 4.79 Å². The lowest BCUT2D eigenvalue weighted by atomic mass is 10.2. The van der Waals surface area contributed by atoms with E-state index in [0.29, 0.717) is 5.82 Å². The van der Waals surface area contributed by atoms with Gasteiger partial charge in [-0.15, -0.1) is 0 Å². The number of rotatable bonds is 3. The molecule has 0 fully saturated rings. The summed E-state index contributed by atoms with van der Waals surface area (Å²) in [5.74, 6) is -0.507. The summed E-state index contributed by atoms with van der Waals surface area (Å²) in [6.07, 6.45) is 1.60. The number of hydrogen-bond acceptors (Lipinski definition) is 3. The largest absolute Gasteiger partial charge is 0.494 e. The van der Waals surface area contributed by atoms with Crippen LogP contribution in [0.25, 0.3) is 0 Å². The first-order valence-corrected chi connectivity index (χ1v) is 6.57. The number of methoxy groups -OCH3 is 1. The number of nitrogens with one attached hydrogen (secondary N) is 1. The maximum atomic E-state index is 13.5. The van der Waals surface area contributed by atoms with E-state index in [-0.39, 0.29) is 11.3 Å². The number of nitrogens with zero attached hydrogens (tertiary/aromatic N) is 1. The zero-order valence-corrected chi connectivity index (χ0v) is 12.5. The SMILES string of the molecule is COc1ccc(C(=O)Nc2cc(C)c(Br)cn2)cc1F. The van der Waals surface area contributed by atoms with E-state index >= 15 is 0 Å². The molecule has 0 aliphatic heterocycles. The van der Waals surface area contributed by atoms with Crippen molar-refractivity contribution in [2.45, 2.75) is 6.92 Å². The molecule has 104 valence electrons. The number of aromatic nitrogens is 1. The van der Waals surface area contributed by atoms with E-state index in [1.807, 2.05) is 6.92 Å². The van der Waals surface area contributed by atoms with Gasteiger partial charge in [-0.1, -0.05) is 0 Å². The number of benzene rings is 1. The predicted molar refractivity (Wildman–Crippen MR) is 77.6 cm³/mol. The lowest BCUT2D eigenvalue weighted by Crippen LogP contribution is -2.13. The third kappa shape index (κ3) is 3.14. The Labute approximate surface area is 124 Å². The molecule has 6 heteroatoms. The van der Waals surface area contributed by atoms with E-state index in [2.05, 4.69) is 26.2 Å². The number of carbonyl (C=O) groups is 1. The number of carbonyl (C=O) groups excluding carboxylic acids is 1. The van der Waals surface area contributed by atoms with E-state index in [1.165, 1.54) is 19.2 Å². The van der Waals surface area contributed by atoms with Gasteiger partial charge in [0.1, 0.15) is 5.82 Å². The summed E-state index contributed by atoms with van der Waals surface area (Å²) in [6, 6.07) is 5.75. The Bertz CT molecular complexity index is 662. The first-order valence-electron chi connectivity index (χ1n) is 5.78. The average molecular weight is 339 g/mol. The van der Waals surface area contributed by atoms with Gasteiger partial charge in [-0.2, -0.15) is 0 Å². The Morgan fingerprint density at radius 1 is 1.40 bits per heavy atom. The quantitative estimate of drug-likeness (QED) is 0.930. The van der Waals surface area contributed by atoms with Gasteiger partial charge in [0.25, 0.3) is 5.91 Å². The molecule has 0 unspecified atom stereocenters. The predicted octanol–water partition coefficient (Wildman–Crippen LogP) is 3.55. The van der Waals surface area contributed by atoms with E-state index in [0.717, 1.165) is 16.1 Å². The molecule has 0 aliphatic carbocycles. The maximum absolute atomic E-state index is 13.5. The van der Waals surface area contributed by atoms with Crippen LogP contribution in [-0.2, 0) is 0 Å². The molecule has 0 saturated carbocycles. The maximum Gasteiger partial charge on any atom is 0.256 e. The third-order valence-electron chi connectivity index (χ3n) is 2.70. The van der Waals surface area contributed by atoms with E-state index in [9.17, 15) is 9.18 Å². The van der Waals surface area contributed by atoms with Crippen LogP contribution in [0.2, 0.25) is 0 Å². The smallest absolute Gasteiger partial charge is 0.256 e. The Morgan fingerprint density at radius 2 is 2.15 bits per heavy atom. The summed E-state index contributed by atoms with van der Waals surface area (Å²) in [7, 11) is 1.37. The number of anilines is 1. The highest BCUT2D eigenvalue weighted by molar-refractivity contribution is 9.10. The molecule has 2 aromatic rings. The summed E-state index contributed by atoms with van der Waals surface area (Å²) in [6.45, 7) is 1.88. The number of halogens is 2. The molecule has 0 radical (unpaired) electrons. The Hall–Kier alpha value is -1.95. The minimum absolute atomic E-state index is 0.0964. The lowest BCUT2D eigenvalue weighted by molar-refractivity contribution is 0.102. The summed E-state index contributed by atoms with van der Waals surface area (Å²) in [5.41, 5.74) is 1.14. The van der Waals surface area contributed by atoms with Gasteiger partial charge in [0.05, 0.1) is 7.11 Å². The van der Waals surface area contributed by atoms with Crippen LogP contribution in [0, 0.1) is 12.7 Å². The summed E-state index contributed by atoms with van der Waals surface area (Å²) >= 11 is 3.33. The molecule has 1 aromatic carbocycles. The van der Waals surface area contributed by atoms with Crippen molar-refractivity contribution in [3.63, 3.8) is 0 Å². The number of pyridine rings is 1. The monoisotopic (exact) mass is 338 g/mol. The highest BCUT2D eigenvalue weighted by Gasteiger charge is 2.11. The van der Waals surface area contributed by atoms with Crippen LogP contribution in [0.5, 0.6) is 5.75 Å². The normalized spacial score (nSPS) is 10.2. The molecule has 1 amide bonds. The van der Waals surface area contributed by atoms with Crippen molar-refractivity contribution >= 4 is 27.7 Å². The molecule has 0 saturated heterocycles. The third-order valence-corrected chi connectivity index (χ3v) is 3.53. The molecule has 1 heterocycles. The summed E-state index contributed by atoms with van der Waals surface area (Å²) in [4.78, 5) is 16.1. The molecule has 0 aliphatic rings. The van der Waals surface area contributed by atoms with Gasteiger partial charge in [0.15, 0.2) is 11.6 Å². The Kier molecular flexibility index (Phi) is 4.34. The fourth-order valence-corrected chi connectivity index (χ4v) is 1.82. The van der Waals surface area contributed by atoms with Gasteiger partial charge < -0.3 is 10.1 Å². The molecular weight excluding hydrogens is 327 g/mol. The zero-order valence-electron chi connectivity index (χ0n) is 10.9. The van der Waals surface area contributed by atoms with Crippen molar-refractivity contribution in [2.24, 2.45) is 0 Å². The van der Waals surface area contributed by atoms with Crippen LogP contribution in [0.15, 0.2) is 34.9 Å². The minimum Gasteiger partial charge on any atom is -0.494 e. The van der Waals surface area contributed by atoms with Crippen LogP contribution < -0.4 is 10.1 Å². The van der Waals surface area contributed by atoms with Crippen LogP contribution in [0.4, 0.5) is 10.2 Å². The van der Waals surface area contributed by atoms with E-state index in [1.54, 1.807) is 12.3 Å². The fraction of sp³-hybridized carbons (Fsp3) is 0.143. The van der Waals surface area contributed by atoms with Crippen LogP contribution in [0.1, 0.15) is 15.9 Å². The Morgan fingerprint density at radius 3 is 2.75 bits per heavy atom. The first kappa shape index (κ1) is 14.5. The Balaban J connectivity index is 2.19. The minimum atomic E-state index is -0.583. The molecule has 1 N–H and O–H groups in total. The fourth-order valence-electron chi connectivity index (χ4n) is 1.60. The van der Waals surface area contributed by atoms with Gasteiger partial charge in [-0.25, -0.2) is 9.37 Å². The molecular formula is C14H12BrFN2O2. The number of hydrogen-bond donors (Lipinski definition) is 1. The second-order valence-corrected chi connectivity index (χ2v) is 4.98. The van der Waals surface area contributed by atoms with Crippen molar-refractivity contribution < 1.29 is 13.9 Å². The van der Waals surface area contributed by atoms with Crippen LogP contribution >= 0.6 is 15.9 Å². The zero-order chi connectivity index (χ0) is 14.7. The number of amides is 1. The average Bonchev–Trinajstić information content (AvgIpc) is 2.42. The molecule has 20 heavy (non-hydrogen) atoms. The molecule has 0 bridgehead atoms. The van der Waals surface area contributed by atoms with Crippen LogP contribution in [0.3, 0.4) is 0 Å². The van der Waals surface area contributed by atoms with Gasteiger partial charge in [-0.05, 0) is 52.7 Å². The topological polar surface area (TPSA) is 51.2 Å². The van der Waals surface area contributed by atoms with E-state index < -0.39 is 11.7 Å². The second-order valence-electron chi connectivity index (χ2n) is 4.12. The van der Waals surface area contributed by atoms with Crippen molar-refractivity contribution in [1.82, 2.24) is 4.98 Å². The number of aryl methyl sites for hydroxylation is 1. The summed E-state index contributed by atoms with van der Waals surface area (Å²) in [5, 5.41) is 2.61. The van der Waals surface area contributed by atoms with Crippen LogP contribution in [-0.4, -0.2) is 18.0 Å². The highest BCUT2D eigenvalue weighted by atomic mass is 79.9. The van der Waals surface area contributed by atoms with Gasteiger partial charge >= 0.3 is 0 Å². The van der Waals surface area contributed by atoms with Crippen molar-refractivity contribution in [3.8, 4) is 5.75 Å². The standard InChI is InChI=1S/C14H12BrFN2O2/c1-8-5-13(17-7-10(8)15)18-14(19)9-3-4-12(20-2)11(16)6-9/h3-7H,1-2H3,(H,17,18,19). The van der Waals surface area contributed by atoms with Gasteiger partial charge in [0.2, 0.25) is 0 Å². The van der Waals surface area contributed by atoms with E-state index in [4.69, 9.17) is 4.74 Å². The lowest BCUT2D eigenvalue weighted by Gasteiger charge is -2.07. The highest BCUT2D eigenvalue weighted by Crippen LogP contribution is 2.20. The molecule has 4 nitrogen and oxygen atoms in total. The molecule has 0 atom stereocenters. The van der Waals surface area contributed by atoms with Crippen molar-refractivity contribution in [1.29, 1.82) is 0 Å². The van der Waals surface area contributed by atoms with Crippen molar-refractivity contribution in [3.05, 3.63) is 51.9 Å². The molecule has 1 aromatic heterocycles.